The van der Waals surface area contributed by atoms with E-state index in [9.17, 15) is 17.2 Å². The molecule has 6 nitrogen and oxygen atoms in total. The van der Waals surface area contributed by atoms with Gasteiger partial charge >= 0.3 is 0 Å². The highest BCUT2D eigenvalue weighted by molar-refractivity contribution is 7.88. The van der Waals surface area contributed by atoms with E-state index < -0.39 is 27.4 Å². The summed E-state index contributed by atoms with van der Waals surface area (Å²) < 4.78 is 58.1. The molecule has 2 heterocycles. The van der Waals surface area contributed by atoms with Crippen molar-refractivity contribution in [1.29, 1.82) is 0 Å². The van der Waals surface area contributed by atoms with Crippen molar-refractivity contribution in [2.45, 2.75) is 18.3 Å². The molecule has 128 valence electrons. The van der Waals surface area contributed by atoms with Crippen LogP contribution in [0.1, 0.15) is 12.0 Å². The first kappa shape index (κ1) is 16.7. The summed E-state index contributed by atoms with van der Waals surface area (Å²) in [6.45, 7) is 0.446. The SMILES string of the molecule is O=S(=O)(Cc1cc(F)cc(F)c1)N1CCC(Oc2cccnn2)C1. The largest absolute Gasteiger partial charge is 0.472 e. The zero-order valence-corrected chi connectivity index (χ0v) is 13.4. The van der Waals surface area contributed by atoms with Gasteiger partial charge in [-0.25, -0.2) is 17.2 Å². The minimum atomic E-state index is -3.69. The first-order valence-electron chi connectivity index (χ1n) is 7.29. The van der Waals surface area contributed by atoms with Crippen molar-refractivity contribution in [3.05, 3.63) is 53.7 Å². The summed E-state index contributed by atoms with van der Waals surface area (Å²) in [5.41, 5.74) is 0.0748. The van der Waals surface area contributed by atoms with Crippen LogP contribution in [-0.2, 0) is 15.8 Å². The Balaban J connectivity index is 1.65. The molecule has 9 heteroatoms. The Morgan fingerprint density at radius 1 is 1.25 bits per heavy atom. The molecular formula is C15H15F2N3O3S. The van der Waals surface area contributed by atoms with Crippen LogP contribution in [0.5, 0.6) is 5.88 Å². The Morgan fingerprint density at radius 3 is 2.67 bits per heavy atom. The second-order valence-electron chi connectivity index (χ2n) is 5.48. The average molecular weight is 355 g/mol. The number of ether oxygens (including phenoxy) is 1. The average Bonchev–Trinajstić information content (AvgIpc) is 2.96. The van der Waals surface area contributed by atoms with Crippen molar-refractivity contribution in [2.75, 3.05) is 13.1 Å². The van der Waals surface area contributed by atoms with E-state index in [-0.39, 0.29) is 24.8 Å². The van der Waals surface area contributed by atoms with Gasteiger partial charge < -0.3 is 4.74 Å². The van der Waals surface area contributed by atoms with Gasteiger partial charge in [-0.2, -0.15) is 9.40 Å². The van der Waals surface area contributed by atoms with Gasteiger partial charge in [0, 0.05) is 24.9 Å². The quantitative estimate of drug-likeness (QED) is 0.817. The molecular weight excluding hydrogens is 340 g/mol. The molecule has 1 aromatic heterocycles. The van der Waals surface area contributed by atoms with E-state index in [0.717, 1.165) is 12.1 Å². The van der Waals surface area contributed by atoms with Gasteiger partial charge in [-0.1, -0.05) is 0 Å². The van der Waals surface area contributed by atoms with Gasteiger partial charge in [0.15, 0.2) is 0 Å². The molecule has 0 N–H and O–H groups in total. The van der Waals surface area contributed by atoms with Crippen molar-refractivity contribution in [3.63, 3.8) is 0 Å². The van der Waals surface area contributed by atoms with Gasteiger partial charge in [-0.3, -0.25) is 0 Å². The monoisotopic (exact) mass is 355 g/mol. The van der Waals surface area contributed by atoms with E-state index in [2.05, 4.69) is 10.2 Å². The maximum absolute atomic E-state index is 13.2. The van der Waals surface area contributed by atoms with Crippen LogP contribution < -0.4 is 4.74 Å². The van der Waals surface area contributed by atoms with Crippen LogP contribution in [0, 0.1) is 11.6 Å². The minimum Gasteiger partial charge on any atom is -0.472 e. The first-order valence-corrected chi connectivity index (χ1v) is 8.90. The third-order valence-electron chi connectivity index (χ3n) is 3.61. The molecule has 1 aromatic carbocycles. The van der Waals surface area contributed by atoms with Crippen molar-refractivity contribution in [1.82, 2.24) is 14.5 Å². The Hall–Kier alpha value is -2.13. The maximum Gasteiger partial charge on any atom is 0.233 e. The standard InChI is InChI=1S/C15H15F2N3O3S/c16-12-6-11(7-13(17)8-12)10-24(21,22)20-5-3-14(9-20)23-15-2-1-4-18-19-15/h1-2,4,6-8,14H,3,5,9-10H2. The molecule has 0 amide bonds. The van der Waals surface area contributed by atoms with Crippen LogP contribution in [0.15, 0.2) is 36.5 Å². The van der Waals surface area contributed by atoms with Crippen LogP contribution in [0.4, 0.5) is 8.78 Å². The number of hydrogen-bond donors (Lipinski definition) is 0. The van der Waals surface area contributed by atoms with Crippen molar-refractivity contribution < 1.29 is 21.9 Å². The number of sulfonamides is 1. The maximum atomic E-state index is 13.2. The molecule has 1 aliphatic rings. The molecule has 1 unspecified atom stereocenters. The number of hydrogen-bond acceptors (Lipinski definition) is 5. The topological polar surface area (TPSA) is 72.4 Å². The Bertz CT molecular complexity index is 798. The fourth-order valence-electron chi connectivity index (χ4n) is 2.56. The van der Waals surface area contributed by atoms with Crippen LogP contribution >= 0.6 is 0 Å². The third kappa shape index (κ3) is 4.04. The summed E-state index contributed by atoms with van der Waals surface area (Å²) in [7, 11) is -3.69. The lowest BCUT2D eigenvalue weighted by Crippen LogP contribution is -2.32. The smallest absolute Gasteiger partial charge is 0.233 e. The Labute approximate surface area is 138 Å². The predicted octanol–water partition coefficient (Wildman–Crippen LogP) is 1.74. The summed E-state index contributed by atoms with van der Waals surface area (Å²) in [5, 5.41) is 7.48. The number of aromatic nitrogens is 2. The minimum absolute atomic E-state index is 0.0748. The summed E-state index contributed by atoms with van der Waals surface area (Å²) in [4.78, 5) is 0. The highest BCUT2D eigenvalue weighted by atomic mass is 32.2. The third-order valence-corrected chi connectivity index (χ3v) is 5.42. The molecule has 24 heavy (non-hydrogen) atoms. The molecule has 0 radical (unpaired) electrons. The van der Waals surface area contributed by atoms with Gasteiger partial charge in [0.05, 0.1) is 12.3 Å². The molecule has 1 fully saturated rings. The van der Waals surface area contributed by atoms with E-state index >= 15 is 0 Å². The molecule has 0 saturated carbocycles. The van der Waals surface area contributed by atoms with Crippen LogP contribution in [0.25, 0.3) is 0 Å². The fourth-order valence-corrected chi connectivity index (χ4v) is 4.11. The molecule has 1 atom stereocenters. The number of nitrogens with zero attached hydrogens (tertiary/aromatic N) is 3. The summed E-state index contributed by atoms with van der Waals surface area (Å²) in [6, 6.07) is 6.05. The molecule has 0 aliphatic carbocycles. The van der Waals surface area contributed by atoms with Gasteiger partial charge in [0.1, 0.15) is 17.7 Å². The molecule has 0 bridgehead atoms. The van der Waals surface area contributed by atoms with Gasteiger partial charge in [0.25, 0.3) is 0 Å². The van der Waals surface area contributed by atoms with Gasteiger partial charge in [-0.15, -0.1) is 5.10 Å². The van der Waals surface area contributed by atoms with E-state index in [1.54, 1.807) is 12.1 Å². The van der Waals surface area contributed by atoms with E-state index in [1.165, 1.54) is 10.5 Å². The zero-order valence-electron chi connectivity index (χ0n) is 12.6. The summed E-state index contributed by atoms with van der Waals surface area (Å²) in [6.07, 6.45) is 1.68. The highest BCUT2D eigenvalue weighted by Crippen LogP contribution is 2.21. The molecule has 0 spiro atoms. The Kier molecular flexibility index (Phi) is 4.72. The number of benzene rings is 1. The lowest BCUT2D eigenvalue weighted by atomic mass is 10.2. The van der Waals surface area contributed by atoms with Crippen LogP contribution in [0.3, 0.4) is 0 Å². The Morgan fingerprint density at radius 2 is 2.00 bits per heavy atom. The highest BCUT2D eigenvalue weighted by Gasteiger charge is 2.33. The van der Waals surface area contributed by atoms with Crippen molar-refractivity contribution in [2.24, 2.45) is 0 Å². The number of rotatable bonds is 5. The predicted molar refractivity (Wildman–Crippen MR) is 81.6 cm³/mol. The van der Waals surface area contributed by atoms with E-state index in [1.807, 2.05) is 0 Å². The second-order valence-corrected chi connectivity index (χ2v) is 7.45. The van der Waals surface area contributed by atoms with Crippen LogP contribution in [0.2, 0.25) is 0 Å². The first-order chi connectivity index (χ1) is 11.4. The molecule has 1 aliphatic heterocycles. The van der Waals surface area contributed by atoms with Crippen LogP contribution in [-0.4, -0.2) is 42.1 Å². The zero-order chi connectivity index (χ0) is 17.2. The summed E-state index contributed by atoms with van der Waals surface area (Å²) >= 11 is 0. The molecule has 1 saturated heterocycles. The van der Waals surface area contributed by atoms with Crippen molar-refractivity contribution in [3.8, 4) is 5.88 Å². The lowest BCUT2D eigenvalue weighted by Gasteiger charge is -2.17. The molecule has 3 rings (SSSR count). The van der Waals surface area contributed by atoms with E-state index in [4.69, 9.17) is 4.74 Å². The normalized spacial score (nSPS) is 18.7. The fraction of sp³-hybridized carbons (Fsp3) is 0.333. The van der Waals surface area contributed by atoms with Gasteiger partial charge in [0.2, 0.25) is 15.9 Å². The van der Waals surface area contributed by atoms with Gasteiger partial charge in [-0.05, 0) is 30.2 Å². The second kappa shape index (κ2) is 6.78. The van der Waals surface area contributed by atoms with Crippen molar-refractivity contribution >= 4 is 10.0 Å². The molecule has 2 aromatic rings. The number of halogens is 2. The van der Waals surface area contributed by atoms with E-state index in [0.29, 0.717) is 18.4 Å². The lowest BCUT2D eigenvalue weighted by molar-refractivity contribution is 0.204. The summed E-state index contributed by atoms with van der Waals surface area (Å²) in [5.74, 6) is -1.73.